The van der Waals surface area contributed by atoms with Gasteiger partial charge >= 0.3 is 0 Å². The zero-order valence-corrected chi connectivity index (χ0v) is 6.58. The maximum Gasteiger partial charge on any atom is 0.196 e. The van der Waals surface area contributed by atoms with E-state index in [1.54, 1.807) is 0 Å². The van der Waals surface area contributed by atoms with Gasteiger partial charge in [0.05, 0.1) is 0 Å². The first-order valence-electron chi connectivity index (χ1n) is 3.98. The second kappa shape index (κ2) is 2.53. The lowest BCUT2D eigenvalue weighted by Crippen LogP contribution is -2.37. The Labute approximate surface area is 65.1 Å². The molecular weight excluding hydrogens is 142 g/mol. The number of aromatic nitrogens is 2. The van der Waals surface area contributed by atoms with Crippen LogP contribution in [0.2, 0.25) is 0 Å². The van der Waals surface area contributed by atoms with Crippen molar-refractivity contribution in [2.45, 2.75) is 19.8 Å². The fraction of sp³-hybridized carbons (Fsp3) is 0.714. The van der Waals surface area contributed by atoms with Crippen LogP contribution in [0.25, 0.3) is 0 Å². The SMILES string of the molecule is CCc1nonc1N1CCC1. The van der Waals surface area contributed by atoms with E-state index in [0.29, 0.717) is 0 Å². The van der Waals surface area contributed by atoms with Gasteiger partial charge in [-0.3, -0.25) is 0 Å². The predicted octanol–water partition coefficient (Wildman–Crippen LogP) is 0.842. The molecule has 0 unspecified atom stereocenters. The Morgan fingerprint density at radius 1 is 1.45 bits per heavy atom. The Bertz CT molecular complexity index is 242. The number of rotatable bonds is 2. The van der Waals surface area contributed by atoms with Crippen LogP contribution in [0.1, 0.15) is 19.0 Å². The van der Waals surface area contributed by atoms with Crippen LogP contribution in [0.3, 0.4) is 0 Å². The highest BCUT2D eigenvalue weighted by Gasteiger charge is 2.21. The lowest BCUT2D eigenvalue weighted by atomic mass is 10.2. The molecule has 1 aliphatic heterocycles. The summed E-state index contributed by atoms with van der Waals surface area (Å²) in [7, 11) is 0. The van der Waals surface area contributed by atoms with E-state index in [-0.39, 0.29) is 0 Å². The highest BCUT2D eigenvalue weighted by Crippen LogP contribution is 2.21. The minimum atomic E-state index is 0.898. The van der Waals surface area contributed by atoms with Gasteiger partial charge in [-0.05, 0) is 18.0 Å². The van der Waals surface area contributed by atoms with E-state index in [2.05, 4.69) is 26.8 Å². The number of nitrogens with zero attached hydrogens (tertiary/aromatic N) is 3. The Morgan fingerprint density at radius 3 is 2.82 bits per heavy atom. The smallest absolute Gasteiger partial charge is 0.196 e. The van der Waals surface area contributed by atoms with Crippen LogP contribution in [0, 0.1) is 0 Å². The summed E-state index contributed by atoms with van der Waals surface area (Å²) in [6.07, 6.45) is 2.16. The molecule has 1 aliphatic rings. The van der Waals surface area contributed by atoms with Crippen molar-refractivity contribution in [1.82, 2.24) is 10.3 Å². The van der Waals surface area contributed by atoms with Crippen LogP contribution >= 0.6 is 0 Å². The molecular formula is C7H11N3O. The maximum atomic E-state index is 4.65. The molecule has 11 heavy (non-hydrogen) atoms. The standard InChI is InChI=1S/C7H11N3O/c1-2-6-7(9-11-8-6)10-4-3-5-10/h2-5H2,1H3. The van der Waals surface area contributed by atoms with E-state index in [0.717, 1.165) is 31.0 Å². The van der Waals surface area contributed by atoms with E-state index < -0.39 is 0 Å². The van der Waals surface area contributed by atoms with E-state index >= 15 is 0 Å². The maximum absolute atomic E-state index is 4.65. The highest BCUT2D eigenvalue weighted by atomic mass is 16.6. The van der Waals surface area contributed by atoms with Crippen molar-refractivity contribution in [3.8, 4) is 0 Å². The highest BCUT2D eigenvalue weighted by molar-refractivity contribution is 5.43. The van der Waals surface area contributed by atoms with E-state index in [1.807, 2.05) is 0 Å². The van der Waals surface area contributed by atoms with Crippen LogP contribution in [-0.4, -0.2) is 23.4 Å². The van der Waals surface area contributed by atoms with Gasteiger partial charge in [0, 0.05) is 13.1 Å². The van der Waals surface area contributed by atoms with Gasteiger partial charge in [0.1, 0.15) is 5.69 Å². The Balaban J connectivity index is 2.20. The largest absolute Gasteiger partial charge is 0.352 e. The molecule has 1 aromatic rings. The summed E-state index contributed by atoms with van der Waals surface area (Å²) in [6, 6.07) is 0. The van der Waals surface area contributed by atoms with Crippen molar-refractivity contribution < 1.29 is 4.63 Å². The van der Waals surface area contributed by atoms with Crippen molar-refractivity contribution in [3.63, 3.8) is 0 Å². The van der Waals surface area contributed by atoms with Crippen LogP contribution in [0.4, 0.5) is 5.82 Å². The molecule has 0 aromatic carbocycles. The minimum absolute atomic E-state index is 0.898. The third kappa shape index (κ3) is 0.982. The summed E-state index contributed by atoms with van der Waals surface area (Å²) in [4.78, 5) is 2.19. The zero-order chi connectivity index (χ0) is 7.68. The monoisotopic (exact) mass is 153 g/mol. The molecule has 2 rings (SSSR count). The third-order valence-corrected chi connectivity index (χ3v) is 2.03. The summed E-state index contributed by atoms with van der Waals surface area (Å²) in [5.74, 6) is 0.943. The zero-order valence-electron chi connectivity index (χ0n) is 6.58. The molecule has 0 radical (unpaired) electrons. The van der Waals surface area contributed by atoms with Gasteiger partial charge in [0.15, 0.2) is 5.82 Å². The molecule has 2 heterocycles. The molecule has 60 valence electrons. The molecule has 1 aromatic heterocycles. The molecule has 1 fully saturated rings. The average molecular weight is 153 g/mol. The van der Waals surface area contributed by atoms with Crippen molar-refractivity contribution in [2.24, 2.45) is 0 Å². The predicted molar refractivity (Wildman–Crippen MR) is 40.5 cm³/mol. The average Bonchev–Trinajstić information content (AvgIpc) is 2.32. The first-order chi connectivity index (χ1) is 5.42. The van der Waals surface area contributed by atoms with Crippen molar-refractivity contribution in [1.29, 1.82) is 0 Å². The number of aryl methyl sites for hydroxylation is 1. The first kappa shape index (κ1) is 6.64. The fourth-order valence-electron chi connectivity index (χ4n) is 1.19. The first-order valence-corrected chi connectivity index (χ1v) is 3.98. The molecule has 0 saturated carbocycles. The van der Waals surface area contributed by atoms with Crippen molar-refractivity contribution in [2.75, 3.05) is 18.0 Å². The lowest BCUT2D eigenvalue weighted by Gasteiger charge is -2.30. The fourth-order valence-corrected chi connectivity index (χ4v) is 1.19. The van der Waals surface area contributed by atoms with Gasteiger partial charge in [-0.25, -0.2) is 4.63 Å². The van der Waals surface area contributed by atoms with Crippen LogP contribution in [0.5, 0.6) is 0 Å². The van der Waals surface area contributed by atoms with E-state index in [9.17, 15) is 0 Å². The van der Waals surface area contributed by atoms with E-state index in [1.165, 1.54) is 6.42 Å². The molecule has 0 N–H and O–H groups in total. The molecule has 4 nitrogen and oxygen atoms in total. The molecule has 1 saturated heterocycles. The summed E-state index contributed by atoms with van der Waals surface area (Å²) in [5, 5.41) is 7.66. The van der Waals surface area contributed by atoms with Crippen LogP contribution in [0.15, 0.2) is 4.63 Å². The van der Waals surface area contributed by atoms with Gasteiger partial charge in [0.2, 0.25) is 0 Å². The van der Waals surface area contributed by atoms with Crippen molar-refractivity contribution >= 4 is 5.82 Å². The second-order valence-corrected chi connectivity index (χ2v) is 2.73. The quantitative estimate of drug-likeness (QED) is 0.631. The van der Waals surface area contributed by atoms with Crippen LogP contribution < -0.4 is 4.90 Å². The number of anilines is 1. The topological polar surface area (TPSA) is 42.2 Å². The summed E-state index contributed by atoms with van der Waals surface area (Å²) in [5.41, 5.74) is 0.977. The van der Waals surface area contributed by atoms with Gasteiger partial charge in [0.25, 0.3) is 0 Å². The van der Waals surface area contributed by atoms with Crippen LogP contribution in [-0.2, 0) is 6.42 Å². The minimum Gasteiger partial charge on any atom is -0.352 e. The molecule has 0 bridgehead atoms. The third-order valence-electron chi connectivity index (χ3n) is 2.03. The van der Waals surface area contributed by atoms with E-state index in [4.69, 9.17) is 0 Å². The molecule has 0 spiro atoms. The molecule has 0 aliphatic carbocycles. The molecule has 0 amide bonds. The second-order valence-electron chi connectivity index (χ2n) is 2.73. The van der Waals surface area contributed by atoms with Crippen molar-refractivity contribution in [3.05, 3.63) is 5.69 Å². The molecule has 0 atom stereocenters. The Morgan fingerprint density at radius 2 is 2.27 bits per heavy atom. The summed E-state index contributed by atoms with van der Waals surface area (Å²) < 4.78 is 4.65. The lowest BCUT2D eigenvalue weighted by molar-refractivity contribution is 0.303. The van der Waals surface area contributed by atoms with Gasteiger partial charge in [-0.1, -0.05) is 12.1 Å². The Hall–Kier alpha value is -1.06. The normalized spacial score (nSPS) is 16.6. The van der Waals surface area contributed by atoms with Gasteiger partial charge in [-0.15, -0.1) is 0 Å². The number of hydrogen-bond donors (Lipinski definition) is 0. The molecule has 4 heteroatoms. The number of hydrogen-bond acceptors (Lipinski definition) is 4. The summed E-state index contributed by atoms with van der Waals surface area (Å²) in [6.45, 7) is 4.26. The van der Waals surface area contributed by atoms with Gasteiger partial charge in [-0.2, -0.15) is 0 Å². The summed E-state index contributed by atoms with van der Waals surface area (Å²) >= 11 is 0. The Kier molecular flexibility index (Phi) is 1.52. The van der Waals surface area contributed by atoms with Gasteiger partial charge < -0.3 is 4.90 Å².